The van der Waals surface area contributed by atoms with Gasteiger partial charge in [-0.1, -0.05) is 45.3 Å². The molecule has 0 aromatic heterocycles. The summed E-state index contributed by atoms with van der Waals surface area (Å²) in [6, 6.07) is 14.7. The Morgan fingerprint density at radius 1 is 0.842 bits per heavy atom. The van der Waals surface area contributed by atoms with Gasteiger partial charge in [0.1, 0.15) is 0 Å². The van der Waals surface area contributed by atoms with Gasteiger partial charge in [0, 0.05) is 25.8 Å². The van der Waals surface area contributed by atoms with Gasteiger partial charge in [-0.15, -0.1) is 45.8 Å². The van der Waals surface area contributed by atoms with E-state index < -0.39 is 16.1 Å². The van der Waals surface area contributed by atoms with E-state index >= 15 is 0 Å². The minimum absolute atomic E-state index is 0. The van der Waals surface area contributed by atoms with Crippen LogP contribution in [0.2, 0.25) is 39.3 Å². The maximum Gasteiger partial charge on any atom is 0 e. The molecule has 0 atom stereocenters. The van der Waals surface area contributed by atoms with Crippen molar-refractivity contribution >= 4 is 26.9 Å². The molecule has 0 N–H and O–H groups in total. The second-order valence-corrected chi connectivity index (χ2v) is 17.6. The molecule has 0 fully saturated rings. The third kappa shape index (κ3) is 8.82. The second-order valence-electron chi connectivity index (χ2n) is 7.03. The summed E-state index contributed by atoms with van der Waals surface area (Å²) >= 11 is 0. The summed E-state index contributed by atoms with van der Waals surface area (Å²) in [5.41, 5.74) is 2.65. The molecule has 2 aromatic carbocycles. The smallest absolute Gasteiger partial charge is 0 e. The van der Waals surface area contributed by atoms with Crippen LogP contribution in [0.5, 0.6) is 0 Å². The summed E-state index contributed by atoms with van der Waals surface area (Å²) in [6.45, 7) is 14.4. The molecule has 0 aliphatic heterocycles. The Hall–Kier alpha value is 0.134. The third-order valence-electron chi connectivity index (χ3n) is 2.41. The van der Waals surface area contributed by atoms with Gasteiger partial charge in [-0.2, -0.15) is 17.5 Å². The molecule has 0 aliphatic carbocycles. The Kier molecular flexibility index (Phi) is 7.85. The Balaban J connectivity index is 0.000000324. The third-order valence-corrected chi connectivity index (χ3v) is 9.34. The first-order valence-electron chi connectivity index (χ1n) is 6.65. The van der Waals surface area contributed by atoms with Gasteiger partial charge in [-0.3, -0.25) is 0 Å². The van der Waals surface area contributed by atoms with Crippen molar-refractivity contribution in [1.29, 1.82) is 0 Å². The summed E-state index contributed by atoms with van der Waals surface area (Å²) in [4.78, 5) is 0. The average Bonchev–Trinajstić information content (AvgIpc) is 2.59. The fourth-order valence-electron chi connectivity index (χ4n) is 2.37. The molecule has 0 unspecified atom stereocenters. The minimum Gasteiger partial charge on any atom is -0.327 e. The monoisotopic (exact) mass is 319 g/mol. The first-order chi connectivity index (χ1) is 8.17. The maximum absolute atomic E-state index is 2.65. The molecule has 0 aliphatic rings. The van der Waals surface area contributed by atoms with Crippen molar-refractivity contribution in [3.05, 3.63) is 48.1 Å². The van der Waals surface area contributed by atoms with E-state index in [9.17, 15) is 0 Å². The van der Waals surface area contributed by atoms with E-state index in [1.165, 1.54) is 10.8 Å². The zero-order valence-corrected chi connectivity index (χ0v) is 17.0. The Bertz CT molecular complexity index is 433. The standard InChI is InChI=1S/C9H7.C7H19Si2.Sc/c1-2-5-9-7-3-6-8(9)4-1;1-8(2,3)7-9(4,5)6;/h1-7H;7H,1-6H3;/q2*-1;. The molecule has 0 saturated carbocycles. The SMILES string of the molecule is C[Si](C)(C)[CH-][Si](C)(C)C.[Sc].c1ccc2[cH-]ccc2c1. The van der Waals surface area contributed by atoms with Crippen LogP contribution in [-0.2, 0) is 25.8 Å². The zero-order valence-electron chi connectivity index (χ0n) is 13.2. The topological polar surface area (TPSA) is 0 Å². The van der Waals surface area contributed by atoms with Crippen LogP contribution in [0, 0.1) is 5.67 Å². The van der Waals surface area contributed by atoms with Crippen molar-refractivity contribution < 1.29 is 25.8 Å². The number of hydrogen-bond donors (Lipinski definition) is 0. The Labute approximate surface area is 139 Å². The van der Waals surface area contributed by atoms with Crippen LogP contribution in [0.1, 0.15) is 0 Å². The van der Waals surface area contributed by atoms with Crippen LogP contribution in [0.25, 0.3) is 10.8 Å². The van der Waals surface area contributed by atoms with Crippen molar-refractivity contribution in [3.63, 3.8) is 0 Å². The summed E-state index contributed by atoms with van der Waals surface area (Å²) < 4.78 is 0. The maximum atomic E-state index is 2.65. The molecule has 1 radical (unpaired) electrons. The van der Waals surface area contributed by atoms with Crippen LogP contribution in [0.4, 0.5) is 0 Å². The summed E-state index contributed by atoms with van der Waals surface area (Å²) in [5.74, 6) is 0. The summed E-state index contributed by atoms with van der Waals surface area (Å²) in [6.07, 6.45) is 0. The molecule has 0 heterocycles. The van der Waals surface area contributed by atoms with E-state index in [-0.39, 0.29) is 25.8 Å². The molecule has 0 amide bonds. The molecule has 103 valence electrons. The van der Waals surface area contributed by atoms with Crippen LogP contribution in [-0.4, -0.2) is 16.1 Å². The molecule has 0 spiro atoms. The number of hydrogen-bond acceptors (Lipinski definition) is 0. The predicted molar refractivity (Wildman–Crippen MR) is 90.5 cm³/mol. The minimum atomic E-state index is -0.856. The van der Waals surface area contributed by atoms with Crippen LogP contribution in [0.3, 0.4) is 0 Å². The number of fused-ring (bicyclic) bond motifs is 1. The first-order valence-corrected chi connectivity index (χ1v) is 13.8. The van der Waals surface area contributed by atoms with Gasteiger partial charge >= 0.3 is 0 Å². The van der Waals surface area contributed by atoms with Gasteiger partial charge < -0.3 is 5.67 Å². The van der Waals surface area contributed by atoms with Gasteiger partial charge in [0.05, 0.1) is 0 Å². The van der Waals surface area contributed by atoms with Gasteiger partial charge in [-0.25, -0.2) is 0 Å². The second kappa shape index (κ2) is 7.79. The molecular weight excluding hydrogens is 293 g/mol. The zero-order chi connectivity index (χ0) is 13.8. The van der Waals surface area contributed by atoms with E-state index in [2.05, 4.69) is 87.4 Å². The van der Waals surface area contributed by atoms with E-state index in [0.29, 0.717) is 0 Å². The van der Waals surface area contributed by atoms with Crippen molar-refractivity contribution in [2.24, 2.45) is 0 Å². The van der Waals surface area contributed by atoms with Crippen molar-refractivity contribution in [3.8, 4) is 0 Å². The first kappa shape index (κ1) is 19.1. The van der Waals surface area contributed by atoms with Crippen molar-refractivity contribution in [1.82, 2.24) is 0 Å². The fourth-order valence-corrected chi connectivity index (χ4v) is 12.8. The molecule has 0 bridgehead atoms. The quantitative estimate of drug-likeness (QED) is 0.506. The van der Waals surface area contributed by atoms with Crippen LogP contribution < -0.4 is 0 Å². The molecular formula is C16H26ScSi2-2. The predicted octanol–water partition coefficient (Wildman–Crippen LogP) is 5.50. The summed E-state index contributed by atoms with van der Waals surface area (Å²) in [5, 5.41) is 2.66. The summed E-state index contributed by atoms with van der Waals surface area (Å²) in [7, 11) is -1.71. The molecule has 19 heavy (non-hydrogen) atoms. The number of rotatable bonds is 2. The van der Waals surface area contributed by atoms with Crippen molar-refractivity contribution in [2.75, 3.05) is 0 Å². The van der Waals surface area contributed by atoms with Crippen LogP contribution in [0.15, 0.2) is 42.5 Å². The molecule has 0 nitrogen and oxygen atoms in total. The largest absolute Gasteiger partial charge is 0.327 e. The van der Waals surface area contributed by atoms with Gasteiger partial charge in [0.2, 0.25) is 0 Å². The van der Waals surface area contributed by atoms with Crippen LogP contribution >= 0.6 is 0 Å². The normalized spacial score (nSPS) is 11.5. The van der Waals surface area contributed by atoms with E-state index in [1.807, 2.05) is 0 Å². The van der Waals surface area contributed by atoms with Crippen molar-refractivity contribution in [2.45, 2.75) is 39.3 Å². The van der Waals surface area contributed by atoms with Gasteiger partial charge in [-0.05, 0) is 0 Å². The van der Waals surface area contributed by atoms with E-state index in [4.69, 9.17) is 0 Å². The van der Waals surface area contributed by atoms with Gasteiger partial charge in [0.15, 0.2) is 0 Å². The Morgan fingerprint density at radius 3 is 1.79 bits per heavy atom. The van der Waals surface area contributed by atoms with E-state index in [1.54, 1.807) is 0 Å². The Morgan fingerprint density at radius 2 is 1.37 bits per heavy atom. The number of benzene rings is 1. The van der Waals surface area contributed by atoms with E-state index in [0.717, 1.165) is 0 Å². The average molecular weight is 320 g/mol. The fraction of sp³-hybridized carbons (Fsp3) is 0.375. The molecule has 2 rings (SSSR count). The molecule has 0 saturated heterocycles. The molecule has 3 heteroatoms. The van der Waals surface area contributed by atoms with Gasteiger partial charge in [0.25, 0.3) is 0 Å². The molecule has 2 aromatic rings.